The average Bonchev–Trinajstić information content (AvgIpc) is 2.78. The van der Waals surface area contributed by atoms with Crippen molar-refractivity contribution in [2.75, 3.05) is 19.8 Å². The predicted molar refractivity (Wildman–Crippen MR) is 82.4 cm³/mol. The molecule has 0 aliphatic heterocycles. The van der Waals surface area contributed by atoms with Gasteiger partial charge in [-0.1, -0.05) is 18.2 Å². The molecule has 0 unspecified atom stereocenters. The van der Waals surface area contributed by atoms with E-state index in [1.54, 1.807) is 0 Å². The number of fused-ring (bicyclic) bond motifs is 1. The Balaban J connectivity index is 2.20. The zero-order valence-corrected chi connectivity index (χ0v) is 11.7. The fourth-order valence-electron chi connectivity index (χ4n) is 2.37. The summed E-state index contributed by atoms with van der Waals surface area (Å²) in [5.74, 6) is 0. The molecule has 0 bridgehead atoms. The third-order valence-corrected chi connectivity index (χ3v) is 3.28. The molecule has 0 spiro atoms. The van der Waals surface area contributed by atoms with E-state index < -0.39 is 0 Å². The van der Waals surface area contributed by atoms with Gasteiger partial charge < -0.3 is 15.0 Å². The second kappa shape index (κ2) is 4.98. The van der Waals surface area contributed by atoms with Crippen LogP contribution in [0, 0.1) is 0 Å². The predicted octanol–water partition coefficient (Wildman–Crippen LogP) is 2.65. The molecule has 3 rings (SSSR count). The molecule has 0 fully saturated rings. The maximum Gasteiger partial charge on any atom is 0.137 e. The van der Waals surface area contributed by atoms with Crippen LogP contribution in [0.5, 0.6) is 0 Å². The van der Waals surface area contributed by atoms with Crippen LogP contribution in [0.25, 0.3) is 16.9 Å². The van der Waals surface area contributed by atoms with Crippen molar-refractivity contribution in [3.8, 4) is 11.3 Å². The summed E-state index contributed by atoms with van der Waals surface area (Å²) in [5.41, 5.74) is 10.8. The molecular formula is C16H18N4. The molecule has 2 heterocycles. The van der Waals surface area contributed by atoms with Crippen LogP contribution in [-0.4, -0.2) is 28.4 Å². The summed E-state index contributed by atoms with van der Waals surface area (Å²) < 4.78 is 2.14. The van der Waals surface area contributed by atoms with Crippen molar-refractivity contribution in [1.29, 1.82) is 0 Å². The van der Waals surface area contributed by atoms with Crippen LogP contribution in [0.3, 0.4) is 0 Å². The van der Waals surface area contributed by atoms with Crippen molar-refractivity contribution < 1.29 is 0 Å². The number of imidazole rings is 1. The van der Waals surface area contributed by atoms with Crippen molar-refractivity contribution >= 4 is 11.3 Å². The van der Waals surface area contributed by atoms with Gasteiger partial charge in [0.05, 0.1) is 11.4 Å². The fourth-order valence-corrected chi connectivity index (χ4v) is 2.37. The fraction of sp³-hybridized carbons (Fsp3) is 0.188. The molecule has 1 aromatic carbocycles. The Morgan fingerprint density at radius 2 is 1.85 bits per heavy atom. The van der Waals surface area contributed by atoms with Crippen LogP contribution < -0.4 is 5.73 Å². The Morgan fingerprint density at radius 3 is 2.55 bits per heavy atom. The number of benzene rings is 1. The first kappa shape index (κ1) is 12.7. The molecule has 102 valence electrons. The number of nitrogens with zero attached hydrogens (tertiary/aromatic N) is 3. The molecule has 0 aliphatic carbocycles. The van der Waals surface area contributed by atoms with Gasteiger partial charge in [-0.25, -0.2) is 4.98 Å². The Bertz CT molecular complexity index is 726. The molecule has 0 radical (unpaired) electrons. The number of nitrogen functional groups attached to an aromatic ring is 1. The lowest BCUT2D eigenvalue weighted by Crippen LogP contribution is -2.13. The Kier molecular flexibility index (Phi) is 3.16. The van der Waals surface area contributed by atoms with Crippen molar-refractivity contribution in [3.05, 3.63) is 54.4 Å². The maximum atomic E-state index is 5.76. The topological polar surface area (TPSA) is 46.6 Å². The van der Waals surface area contributed by atoms with Crippen molar-refractivity contribution in [1.82, 2.24) is 14.3 Å². The first-order valence-electron chi connectivity index (χ1n) is 6.62. The van der Waals surface area contributed by atoms with Crippen LogP contribution in [0.2, 0.25) is 0 Å². The number of anilines is 1. The van der Waals surface area contributed by atoms with Gasteiger partial charge in [0.1, 0.15) is 5.65 Å². The summed E-state index contributed by atoms with van der Waals surface area (Å²) in [6, 6.07) is 13.9. The van der Waals surface area contributed by atoms with Gasteiger partial charge in [0.15, 0.2) is 0 Å². The first-order valence-corrected chi connectivity index (χ1v) is 6.62. The standard InChI is InChI=1S/C16H18N4/c1-19(2)11-14-16(12-6-8-13(17)9-7-12)18-15-5-3-4-10-20(14)15/h3-10H,11,17H2,1-2H3. The van der Waals surface area contributed by atoms with Gasteiger partial charge in [-0.15, -0.1) is 0 Å². The molecule has 4 nitrogen and oxygen atoms in total. The molecule has 0 amide bonds. The van der Waals surface area contributed by atoms with Gasteiger partial charge in [0.2, 0.25) is 0 Å². The molecule has 0 aliphatic rings. The van der Waals surface area contributed by atoms with E-state index in [4.69, 9.17) is 10.7 Å². The molecule has 0 saturated carbocycles. The van der Waals surface area contributed by atoms with E-state index in [0.29, 0.717) is 0 Å². The van der Waals surface area contributed by atoms with Gasteiger partial charge in [0, 0.05) is 24.0 Å². The normalized spacial score (nSPS) is 11.3. The van der Waals surface area contributed by atoms with Crippen molar-refractivity contribution in [3.63, 3.8) is 0 Å². The highest BCUT2D eigenvalue weighted by Crippen LogP contribution is 2.26. The number of hydrogen-bond acceptors (Lipinski definition) is 3. The van der Waals surface area contributed by atoms with E-state index in [1.807, 2.05) is 42.5 Å². The Morgan fingerprint density at radius 1 is 1.10 bits per heavy atom. The first-order chi connectivity index (χ1) is 9.65. The number of nitrogens with two attached hydrogens (primary N) is 1. The lowest BCUT2D eigenvalue weighted by atomic mass is 10.1. The SMILES string of the molecule is CN(C)Cc1c(-c2ccc(N)cc2)nc2ccccn12. The summed E-state index contributed by atoms with van der Waals surface area (Å²) >= 11 is 0. The quantitative estimate of drug-likeness (QED) is 0.741. The molecule has 0 atom stereocenters. The number of rotatable bonds is 3. The minimum atomic E-state index is 0.770. The zero-order chi connectivity index (χ0) is 14.1. The number of pyridine rings is 1. The summed E-state index contributed by atoms with van der Waals surface area (Å²) in [6.45, 7) is 0.838. The largest absolute Gasteiger partial charge is 0.399 e. The summed E-state index contributed by atoms with van der Waals surface area (Å²) in [5, 5.41) is 0. The van der Waals surface area contributed by atoms with Gasteiger partial charge in [-0.3, -0.25) is 0 Å². The average molecular weight is 266 g/mol. The lowest BCUT2D eigenvalue weighted by Gasteiger charge is -2.11. The van der Waals surface area contributed by atoms with Crippen LogP contribution in [0.15, 0.2) is 48.7 Å². The Labute approximate surface area is 118 Å². The number of hydrogen-bond donors (Lipinski definition) is 1. The highest BCUT2D eigenvalue weighted by atomic mass is 15.1. The highest BCUT2D eigenvalue weighted by molar-refractivity contribution is 5.68. The van der Waals surface area contributed by atoms with Crippen LogP contribution in [0.4, 0.5) is 5.69 Å². The molecule has 4 heteroatoms. The maximum absolute atomic E-state index is 5.76. The summed E-state index contributed by atoms with van der Waals surface area (Å²) in [4.78, 5) is 6.91. The summed E-state index contributed by atoms with van der Waals surface area (Å²) in [6.07, 6.45) is 2.06. The van der Waals surface area contributed by atoms with E-state index in [0.717, 1.165) is 29.1 Å². The monoisotopic (exact) mass is 266 g/mol. The summed E-state index contributed by atoms with van der Waals surface area (Å²) in [7, 11) is 4.13. The second-order valence-electron chi connectivity index (χ2n) is 5.20. The molecule has 0 saturated heterocycles. The van der Waals surface area contributed by atoms with Gasteiger partial charge >= 0.3 is 0 Å². The third-order valence-electron chi connectivity index (χ3n) is 3.28. The molecule has 20 heavy (non-hydrogen) atoms. The lowest BCUT2D eigenvalue weighted by molar-refractivity contribution is 0.396. The minimum Gasteiger partial charge on any atom is -0.399 e. The van der Waals surface area contributed by atoms with Crippen molar-refractivity contribution in [2.24, 2.45) is 0 Å². The molecule has 3 aromatic rings. The van der Waals surface area contributed by atoms with Crippen LogP contribution >= 0.6 is 0 Å². The second-order valence-corrected chi connectivity index (χ2v) is 5.20. The minimum absolute atomic E-state index is 0.770. The molecule has 2 N–H and O–H groups in total. The number of aromatic nitrogens is 2. The van der Waals surface area contributed by atoms with Gasteiger partial charge in [0.25, 0.3) is 0 Å². The molecule has 2 aromatic heterocycles. The zero-order valence-electron chi connectivity index (χ0n) is 11.7. The third kappa shape index (κ3) is 2.26. The van der Waals surface area contributed by atoms with Gasteiger partial charge in [-0.2, -0.15) is 0 Å². The smallest absolute Gasteiger partial charge is 0.137 e. The van der Waals surface area contributed by atoms with Crippen molar-refractivity contribution in [2.45, 2.75) is 6.54 Å². The Hall–Kier alpha value is -2.33. The van der Waals surface area contributed by atoms with E-state index in [1.165, 1.54) is 5.69 Å². The molecular weight excluding hydrogens is 248 g/mol. The van der Waals surface area contributed by atoms with E-state index >= 15 is 0 Å². The van der Waals surface area contributed by atoms with Crippen LogP contribution in [-0.2, 0) is 6.54 Å². The van der Waals surface area contributed by atoms with E-state index in [9.17, 15) is 0 Å². The van der Waals surface area contributed by atoms with Crippen LogP contribution in [0.1, 0.15) is 5.69 Å². The van der Waals surface area contributed by atoms with Gasteiger partial charge in [-0.05, 0) is 38.4 Å². The highest BCUT2D eigenvalue weighted by Gasteiger charge is 2.14. The van der Waals surface area contributed by atoms with E-state index in [-0.39, 0.29) is 0 Å². The van der Waals surface area contributed by atoms with E-state index in [2.05, 4.69) is 29.6 Å².